The number of rotatable bonds is 4. The van der Waals surface area contributed by atoms with Crippen molar-refractivity contribution in [2.45, 2.75) is 20.3 Å². The lowest BCUT2D eigenvalue weighted by Crippen LogP contribution is -2.22. The van der Waals surface area contributed by atoms with Crippen molar-refractivity contribution in [3.05, 3.63) is 29.8 Å². The summed E-state index contributed by atoms with van der Waals surface area (Å²) in [5.74, 6) is 0. The zero-order valence-corrected chi connectivity index (χ0v) is 8.16. The summed E-state index contributed by atoms with van der Waals surface area (Å²) in [6, 6.07) is 7.92. The Kier molecular flexibility index (Phi) is 3.50. The van der Waals surface area contributed by atoms with Gasteiger partial charge in [0.1, 0.15) is 0 Å². The van der Waals surface area contributed by atoms with Crippen LogP contribution < -0.4 is 4.90 Å². The Morgan fingerprint density at radius 3 is 2.62 bits per heavy atom. The largest absolute Gasteiger partial charge is 0.315 e. The Labute approximate surface area is 79.2 Å². The molecule has 0 N–H and O–H groups in total. The van der Waals surface area contributed by atoms with Gasteiger partial charge < -0.3 is 4.90 Å². The Bertz CT molecular complexity index is 283. The van der Waals surface area contributed by atoms with E-state index < -0.39 is 0 Å². The van der Waals surface area contributed by atoms with E-state index in [1.807, 2.05) is 31.2 Å². The van der Waals surface area contributed by atoms with Gasteiger partial charge in [-0.2, -0.15) is 0 Å². The van der Waals surface area contributed by atoms with E-state index in [4.69, 9.17) is 0 Å². The number of carbonyl (C=O) groups is 1. The van der Waals surface area contributed by atoms with Crippen molar-refractivity contribution in [2.24, 2.45) is 0 Å². The molecule has 0 saturated heterocycles. The molecule has 0 radical (unpaired) electrons. The summed E-state index contributed by atoms with van der Waals surface area (Å²) in [4.78, 5) is 12.5. The number of hydrogen-bond donors (Lipinski definition) is 0. The Hall–Kier alpha value is -1.31. The smallest absolute Gasteiger partial charge is 0.214 e. The normalized spacial score (nSPS) is 9.69. The summed E-state index contributed by atoms with van der Waals surface area (Å²) in [5.41, 5.74) is 2.16. The molecule has 0 aliphatic carbocycles. The number of benzene rings is 1. The third-order valence-electron chi connectivity index (χ3n) is 2.02. The topological polar surface area (TPSA) is 20.3 Å². The quantitative estimate of drug-likeness (QED) is 0.646. The summed E-state index contributed by atoms with van der Waals surface area (Å²) in [7, 11) is 0. The number of nitrogens with zero attached hydrogens (tertiary/aromatic N) is 1. The average Bonchev–Trinajstić information content (AvgIpc) is 2.16. The first kappa shape index (κ1) is 9.78. The van der Waals surface area contributed by atoms with Crippen LogP contribution in [-0.2, 0) is 4.79 Å². The maximum absolute atomic E-state index is 10.8. The first-order valence-corrected chi connectivity index (χ1v) is 4.57. The Morgan fingerprint density at radius 1 is 1.38 bits per heavy atom. The zero-order chi connectivity index (χ0) is 9.68. The summed E-state index contributed by atoms with van der Waals surface area (Å²) >= 11 is 0. The van der Waals surface area contributed by atoms with Crippen LogP contribution in [0.5, 0.6) is 0 Å². The molecule has 0 fully saturated rings. The van der Waals surface area contributed by atoms with Crippen molar-refractivity contribution in [2.75, 3.05) is 11.4 Å². The van der Waals surface area contributed by atoms with E-state index in [9.17, 15) is 4.79 Å². The van der Waals surface area contributed by atoms with E-state index in [-0.39, 0.29) is 0 Å². The average molecular weight is 177 g/mol. The van der Waals surface area contributed by atoms with E-state index in [0.717, 1.165) is 30.6 Å². The fraction of sp³-hybridized carbons (Fsp3) is 0.364. The van der Waals surface area contributed by atoms with Crippen LogP contribution in [0.15, 0.2) is 24.3 Å². The van der Waals surface area contributed by atoms with Gasteiger partial charge in [-0.1, -0.05) is 25.1 Å². The number of hydrogen-bond acceptors (Lipinski definition) is 1. The van der Waals surface area contributed by atoms with Crippen LogP contribution in [0, 0.1) is 6.92 Å². The molecule has 1 aromatic rings. The fourth-order valence-electron chi connectivity index (χ4n) is 1.36. The minimum atomic E-state index is 0.786. The number of para-hydroxylation sites is 1. The van der Waals surface area contributed by atoms with Gasteiger partial charge in [0.05, 0.1) is 0 Å². The molecule has 0 aliphatic heterocycles. The molecule has 0 bridgehead atoms. The molecular weight excluding hydrogens is 162 g/mol. The molecule has 0 aromatic heterocycles. The second-order valence-electron chi connectivity index (χ2n) is 3.09. The van der Waals surface area contributed by atoms with E-state index >= 15 is 0 Å². The van der Waals surface area contributed by atoms with Crippen molar-refractivity contribution in [3.8, 4) is 0 Å². The van der Waals surface area contributed by atoms with Gasteiger partial charge in [-0.3, -0.25) is 4.79 Å². The number of aryl methyl sites for hydroxylation is 1. The third kappa shape index (κ3) is 2.31. The highest BCUT2D eigenvalue weighted by Gasteiger charge is 2.04. The van der Waals surface area contributed by atoms with Gasteiger partial charge in [-0.15, -0.1) is 0 Å². The monoisotopic (exact) mass is 177 g/mol. The molecule has 0 saturated carbocycles. The predicted molar refractivity (Wildman–Crippen MR) is 54.9 cm³/mol. The molecule has 2 nitrogen and oxygen atoms in total. The summed E-state index contributed by atoms with van der Waals surface area (Å²) in [5, 5.41) is 0. The molecule has 0 spiro atoms. The second-order valence-corrected chi connectivity index (χ2v) is 3.09. The molecule has 1 aromatic carbocycles. The van der Waals surface area contributed by atoms with Crippen LogP contribution in [0.25, 0.3) is 0 Å². The molecule has 2 heteroatoms. The third-order valence-corrected chi connectivity index (χ3v) is 2.02. The molecule has 0 unspecified atom stereocenters. The molecule has 0 heterocycles. The van der Waals surface area contributed by atoms with Gasteiger partial charge in [0, 0.05) is 12.2 Å². The molecule has 0 atom stereocenters. The first-order valence-electron chi connectivity index (χ1n) is 4.57. The minimum absolute atomic E-state index is 0.786. The lowest BCUT2D eigenvalue weighted by atomic mass is 10.2. The predicted octanol–water partition coefficient (Wildman–Crippen LogP) is 2.37. The van der Waals surface area contributed by atoms with Crippen molar-refractivity contribution >= 4 is 12.1 Å². The van der Waals surface area contributed by atoms with Crippen molar-refractivity contribution in [1.82, 2.24) is 0 Å². The van der Waals surface area contributed by atoms with E-state index in [1.54, 1.807) is 4.90 Å². The second kappa shape index (κ2) is 4.65. The van der Waals surface area contributed by atoms with Gasteiger partial charge in [0.15, 0.2) is 0 Å². The van der Waals surface area contributed by atoms with Crippen LogP contribution in [0.2, 0.25) is 0 Å². The Balaban J connectivity index is 2.90. The lowest BCUT2D eigenvalue weighted by molar-refractivity contribution is -0.107. The molecular formula is C11H15NO. The van der Waals surface area contributed by atoms with Crippen LogP contribution in [0.4, 0.5) is 5.69 Å². The minimum Gasteiger partial charge on any atom is -0.315 e. The van der Waals surface area contributed by atoms with Crippen LogP contribution in [-0.4, -0.2) is 13.0 Å². The van der Waals surface area contributed by atoms with Gasteiger partial charge in [0.25, 0.3) is 0 Å². The number of anilines is 1. The van der Waals surface area contributed by atoms with Gasteiger partial charge in [0.2, 0.25) is 6.41 Å². The first-order chi connectivity index (χ1) is 6.29. The van der Waals surface area contributed by atoms with Gasteiger partial charge >= 0.3 is 0 Å². The Morgan fingerprint density at radius 2 is 2.08 bits per heavy atom. The number of carbonyl (C=O) groups excluding carboxylic acids is 1. The zero-order valence-electron chi connectivity index (χ0n) is 8.16. The highest BCUT2D eigenvalue weighted by molar-refractivity contribution is 5.76. The summed E-state index contributed by atoms with van der Waals surface area (Å²) in [6.07, 6.45) is 1.87. The van der Waals surface area contributed by atoms with Crippen molar-refractivity contribution in [3.63, 3.8) is 0 Å². The number of amides is 1. The highest BCUT2D eigenvalue weighted by Crippen LogP contribution is 2.17. The summed E-state index contributed by atoms with van der Waals surface area (Å²) < 4.78 is 0. The molecule has 70 valence electrons. The molecule has 0 aliphatic rings. The SMILES string of the molecule is CCCN(C=O)c1ccccc1C. The van der Waals surface area contributed by atoms with Gasteiger partial charge in [-0.05, 0) is 25.0 Å². The maximum atomic E-state index is 10.8. The molecule has 13 heavy (non-hydrogen) atoms. The van der Waals surface area contributed by atoms with Crippen LogP contribution >= 0.6 is 0 Å². The van der Waals surface area contributed by atoms with Gasteiger partial charge in [-0.25, -0.2) is 0 Å². The van der Waals surface area contributed by atoms with Crippen molar-refractivity contribution < 1.29 is 4.79 Å². The van der Waals surface area contributed by atoms with Crippen molar-refractivity contribution in [1.29, 1.82) is 0 Å². The van der Waals surface area contributed by atoms with E-state index in [1.165, 1.54) is 0 Å². The van der Waals surface area contributed by atoms with Crippen LogP contribution in [0.1, 0.15) is 18.9 Å². The standard InChI is InChI=1S/C11H15NO/c1-3-8-12(9-13)11-7-5-4-6-10(11)2/h4-7,9H,3,8H2,1-2H3. The molecule has 1 amide bonds. The van der Waals surface area contributed by atoms with E-state index in [0.29, 0.717) is 0 Å². The summed E-state index contributed by atoms with van der Waals surface area (Å²) in [6.45, 7) is 4.87. The van der Waals surface area contributed by atoms with Crippen LogP contribution in [0.3, 0.4) is 0 Å². The molecule has 1 rings (SSSR count). The maximum Gasteiger partial charge on any atom is 0.214 e. The fourth-order valence-corrected chi connectivity index (χ4v) is 1.36. The highest BCUT2D eigenvalue weighted by atomic mass is 16.1. The van der Waals surface area contributed by atoms with E-state index in [2.05, 4.69) is 6.92 Å². The lowest BCUT2D eigenvalue weighted by Gasteiger charge is -2.18.